The predicted octanol–water partition coefficient (Wildman–Crippen LogP) is 1.86. The maximum Gasteiger partial charge on any atom is 0.172 e. The number of hydrogen-bond donors (Lipinski definition) is 2. The van der Waals surface area contributed by atoms with Gasteiger partial charge in [0.1, 0.15) is 0 Å². The first-order valence-corrected chi connectivity index (χ1v) is 7.17. The van der Waals surface area contributed by atoms with Crippen LogP contribution in [0.1, 0.15) is 12.8 Å². The molecule has 1 aliphatic rings. The normalized spacial score (nSPS) is 18.4. The maximum absolute atomic E-state index is 4.76. The molecule has 2 aromatic rings. The molecule has 1 fully saturated rings. The number of benzene rings is 1. The van der Waals surface area contributed by atoms with Crippen molar-refractivity contribution < 1.29 is 0 Å². The second kappa shape index (κ2) is 5.63. The Labute approximate surface area is 119 Å². The van der Waals surface area contributed by atoms with Crippen LogP contribution in [0.3, 0.4) is 0 Å². The number of para-hydroxylation sites is 2. The molecule has 1 saturated heterocycles. The molecule has 1 aliphatic heterocycles. The smallest absolute Gasteiger partial charge is 0.172 e. The number of rotatable bonds is 4. The van der Waals surface area contributed by atoms with Crippen molar-refractivity contribution in [3.05, 3.63) is 24.3 Å². The lowest BCUT2D eigenvalue weighted by Crippen LogP contribution is -2.36. The van der Waals surface area contributed by atoms with Crippen molar-refractivity contribution in [1.82, 2.24) is 15.3 Å². The van der Waals surface area contributed by atoms with Gasteiger partial charge in [-0.3, -0.25) is 0 Å². The lowest BCUT2D eigenvalue weighted by atomic mass is 10.2. The Morgan fingerprint density at radius 3 is 2.70 bits per heavy atom. The summed E-state index contributed by atoms with van der Waals surface area (Å²) >= 11 is 0. The Kier molecular flexibility index (Phi) is 3.69. The molecule has 1 aromatic heterocycles. The molecule has 1 atom stereocenters. The average Bonchev–Trinajstić information content (AvgIpc) is 2.98. The van der Waals surface area contributed by atoms with Crippen molar-refractivity contribution in [2.45, 2.75) is 18.9 Å². The minimum absolute atomic E-state index is 0.554. The monoisotopic (exact) mass is 271 g/mol. The number of nitrogens with zero attached hydrogens (tertiary/aromatic N) is 3. The summed E-state index contributed by atoms with van der Waals surface area (Å²) in [7, 11) is 3.98. The van der Waals surface area contributed by atoms with Gasteiger partial charge >= 0.3 is 0 Å². The zero-order valence-corrected chi connectivity index (χ0v) is 12.1. The number of aromatic nitrogens is 2. The molecule has 0 radical (unpaired) electrons. The Balaban J connectivity index is 1.91. The third kappa shape index (κ3) is 2.54. The molecule has 2 N–H and O–H groups in total. The van der Waals surface area contributed by atoms with Crippen LogP contribution in [0.25, 0.3) is 11.0 Å². The van der Waals surface area contributed by atoms with Crippen LogP contribution in [0.4, 0.5) is 11.6 Å². The molecule has 5 heteroatoms. The largest absolute Gasteiger partial charge is 0.370 e. The second-order valence-corrected chi connectivity index (χ2v) is 5.31. The third-order valence-corrected chi connectivity index (χ3v) is 3.81. The van der Waals surface area contributed by atoms with Gasteiger partial charge in [-0.25, -0.2) is 9.97 Å². The lowest BCUT2D eigenvalue weighted by Gasteiger charge is -2.24. The molecule has 0 unspecified atom stereocenters. The van der Waals surface area contributed by atoms with Gasteiger partial charge in [-0.2, -0.15) is 0 Å². The summed E-state index contributed by atoms with van der Waals surface area (Å²) in [5.41, 5.74) is 1.86. The van der Waals surface area contributed by atoms with E-state index in [4.69, 9.17) is 4.98 Å². The first kappa shape index (κ1) is 13.1. The number of hydrogen-bond acceptors (Lipinski definition) is 5. The van der Waals surface area contributed by atoms with Gasteiger partial charge in [-0.15, -0.1) is 0 Å². The summed E-state index contributed by atoms with van der Waals surface area (Å²) in [5, 5.41) is 6.68. The van der Waals surface area contributed by atoms with Crippen molar-refractivity contribution in [3.8, 4) is 0 Å². The molecule has 0 bridgehead atoms. The number of anilines is 2. The fraction of sp³-hybridized carbons (Fsp3) is 0.467. The van der Waals surface area contributed by atoms with Crippen LogP contribution in [0.5, 0.6) is 0 Å². The van der Waals surface area contributed by atoms with Gasteiger partial charge in [-0.05, 0) is 31.5 Å². The van der Waals surface area contributed by atoms with Crippen LogP contribution in [-0.4, -0.2) is 43.2 Å². The molecule has 0 aliphatic carbocycles. The molecule has 0 amide bonds. The first-order valence-electron chi connectivity index (χ1n) is 7.17. The summed E-state index contributed by atoms with van der Waals surface area (Å²) in [5.74, 6) is 1.75. The highest BCUT2D eigenvalue weighted by Crippen LogP contribution is 2.24. The van der Waals surface area contributed by atoms with E-state index in [9.17, 15) is 0 Å². The zero-order valence-electron chi connectivity index (χ0n) is 12.1. The molecule has 5 nitrogen and oxygen atoms in total. The van der Waals surface area contributed by atoms with Gasteiger partial charge in [0, 0.05) is 26.7 Å². The molecule has 20 heavy (non-hydrogen) atoms. The highest BCUT2D eigenvalue weighted by molar-refractivity contribution is 5.80. The van der Waals surface area contributed by atoms with Crippen LogP contribution in [0.15, 0.2) is 24.3 Å². The van der Waals surface area contributed by atoms with Gasteiger partial charge in [0.25, 0.3) is 0 Å². The highest BCUT2D eigenvalue weighted by Gasteiger charge is 2.19. The fourth-order valence-corrected chi connectivity index (χ4v) is 2.75. The Bertz CT molecular complexity index is 592. The number of likely N-dealkylation sites (N-methyl/N-ethyl adjacent to an activating group) is 1. The minimum atomic E-state index is 0.554. The van der Waals surface area contributed by atoms with E-state index in [1.165, 1.54) is 12.8 Å². The topological polar surface area (TPSA) is 53.1 Å². The summed E-state index contributed by atoms with van der Waals surface area (Å²) in [6, 6.07) is 8.54. The van der Waals surface area contributed by atoms with E-state index in [0.717, 1.165) is 35.8 Å². The summed E-state index contributed by atoms with van der Waals surface area (Å²) in [6.07, 6.45) is 2.50. The standard InChI is InChI=1S/C15H21N5/c1-16-14-15(20(2)10-11-6-5-9-17-11)19-13-8-4-3-7-12(13)18-14/h3-4,7-8,11,17H,5-6,9-10H2,1-2H3,(H,16,18)/t11-/m0/s1. The van der Waals surface area contributed by atoms with E-state index < -0.39 is 0 Å². The number of fused-ring (bicyclic) bond motifs is 1. The Morgan fingerprint density at radius 2 is 2.05 bits per heavy atom. The van der Waals surface area contributed by atoms with E-state index in [2.05, 4.69) is 27.6 Å². The molecule has 2 heterocycles. The quantitative estimate of drug-likeness (QED) is 0.889. The fourth-order valence-electron chi connectivity index (χ4n) is 2.75. The van der Waals surface area contributed by atoms with Crippen molar-refractivity contribution in [1.29, 1.82) is 0 Å². The Hall–Kier alpha value is -1.88. The van der Waals surface area contributed by atoms with E-state index in [1.54, 1.807) is 0 Å². The van der Waals surface area contributed by atoms with Gasteiger partial charge in [0.05, 0.1) is 11.0 Å². The van der Waals surface area contributed by atoms with E-state index in [1.807, 2.05) is 31.3 Å². The van der Waals surface area contributed by atoms with Crippen molar-refractivity contribution in [2.24, 2.45) is 0 Å². The molecule has 3 rings (SSSR count). The van der Waals surface area contributed by atoms with E-state index >= 15 is 0 Å². The molecule has 0 saturated carbocycles. The highest BCUT2D eigenvalue weighted by atomic mass is 15.2. The molecular formula is C15H21N5. The predicted molar refractivity (Wildman–Crippen MR) is 83.4 cm³/mol. The van der Waals surface area contributed by atoms with Crippen LogP contribution in [-0.2, 0) is 0 Å². The lowest BCUT2D eigenvalue weighted by molar-refractivity contribution is 0.597. The van der Waals surface area contributed by atoms with Gasteiger partial charge in [0.15, 0.2) is 11.6 Å². The first-order chi connectivity index (χ1) is 9.78. The molecule has 106 valence electrons. The zero-order chi connectivity index (χ0) is 13.9. The average molecular weight is 271 g/mol. The molecule has 1 aromatic carbocycles. The van der Waals surface area contributed by atoms with Gasteiger partial charge < -0.3 is 15.5 Å². The van der Waals surface area contributed by atoms with Crippen LogP contribution in [0, 0.1) is 0 Å². The molecular weight excluding hydrogens is 250 g/mol. The summed E-state index contributed by atoms with van der Waals surface area (Å²) in [6.45, 7) is 2.09. The minimum Gasteiger partial charge on any atom is -0.370 e. The van der Waals surface area contributed by atoms with Crippen molar-refractivity contribution >= 4 is 22.7 Å². The van der Waals surface area contributed by atoms with Crippen LogP contribution < -0.4 is 15.5 Å². The van der Waals surface area contributed by atoms with Crippen molar-refractivity contribution in [2.75, 3.05) is 37.4 Å². The maximum atomic E-state index is 4.76. The van der Waals surface area contributed by atoms with E-state index in [0.29, 0.717) is 6.04 Å². The summed E-state index contributed by atoms with van der Waals surface area (Å²) in [4.78, 5) is 11.6. The Morgan fingerprint density at radius 1 is 1.30 bits per heavy atom. The second-order valence-electron chi connectivity index (χ2n) is 5.31. The third-order valence-electron chi connectivity index (χ3n) is 3.81. The van der Waals surface area contributed by atoms with Crippen molar-refractivity contribution in [3.63, 3.8) is 0 Å². The van der Waals surface area contributed by atoms with Crippen LogP contribution in [0.2, 0.25) is 0 Å². The van der Waals surface area contributed by atoms with Crippen LogP contribution >= 0.6 is 0 Å². The summed E-state index contributed by atoms with van der Waals surface area (Å²) < 4.78 is 0. The van der Waals surface area contributed by atoms with Gasteiger partial charge in [0.2, 0.25) is 0 Å². The van der Waals surface area contributed by atoms with E-state index in [-0.39, 0.29) is 0 Å². The number of nitrogens with one attached hydrogen (secondary N) is 2. The van der Waals surface area contributed by atoms with Gasteiger partial charge in [-0.1, -0.05) is 12.1 Å². The molecule has 0 spiro atoms. The SMILES string of the molecule is CNc1nc2ccccc2nc1N(C)C[C@@H]1CCCN1.